The number of oxazole rings is 1. The molecular formula is C27H28N6O2. The molecule has 0 fully saturated rings. The van der Waals surface area contributed by atoms with Crippen LogP contribution in [0.25, 0.3) is 22.6 Å². The number of aromatic nitrogens is 3. The Kier molecular flexibility index (Phi) is 6.18. The third-order valence-corrected chi connectivity index (χ3v) is 6.30. The highest BCUT2D eigenvalue weighted by Gasteiger charge is 2.31. The standard InChI is InChI=1S/C27H28N6O2/c1-4-32-13-11-19(3)33(26-24(32)9-8-23(31-26)20-10-12-29-18(2)14-20)27(34)30-22-7-5-6-21(15-22)25-16-28-17-35-25/h5-10,12,14-17,19H,4,11,13H2,1-3H3,(H,30,34)/t19-/m1/s1. The molecule has 8 nitrogen and oxygen atoms in total. The topological polar surface area (TPSA) is 87.4 Å². The van der Waals surface area contributed by atoms with E-state index in [-0.39, 0.29) is 12.1 Å². The first-order chi connectivity index (χ1) is 17.0. The fourth-order valence-electron chi connectivity index (χ4n) is 4.45. The summed E-state index contributed by atoms with van der Waals surface area (Å²) in [5.74, 6) is 1.31. The first-order valence-corrected chi connectivity index (χ1v) is 11.8. The maximum Gasteiger partial charge on any atom is 0.327 e. The van der Waals surface area contributed by atoms with Crippen LogP contribution in [0.1, 0.15) is 26.0 Å². The molecule has 0 radical (unpaired) electrons. The summed E-state index contributed by atoms with van der Waals surface area (Å²) in [5, 5.41) is 3.07. The number of rotatable bonds is 4. The summed E-state index contributed by atoms with van der Waals surface area (Å²) in [4.78, 5) is 31.0. The van der Waals surface area contributed by atoms with Crippen LogP contribution in [0.4, 0.5) is 22.0 Å². The van der Waals surface area contributed by atoms with Crippen LogP contribution in [0, 0.1) is 6.92 Å². The van der Waals surface area contributed by atoms with Gasteiger partial charge in [0, 0.05) is 47.8 Å². The highest BCUT2D eigenvalue weighted by molar-refractivity contribution is 6.04. The molecule has 1 N–H and O–H groups in total. The Labute approximate surface area is 204 Å². The van der Waals surface area contributed by atoms with Crippen molar-refractivity contribution < 1.29 is 9.21 Å². The third kappa shape index (κ3) is 4.59. The number of benzene rings is 1. The molecule has 4 aromatic rings. The minimum Gasteiger partial charge on any atom is -0.444 e. The van der Waals surface area contributed by atoms with Gasteiger partial charge in [-0.15, -0.1) is 0 Å². The van der Waals surface area contributed by atoms with Gasteiger partial charge in [0.05, 0.1) is 17.6 Å². The Morgan fingerprint density at radius 2 is 2.06 bits per heavy atom. The fourth-order valence-corrected chi connectivity index (χ4v) is 4.45. The van der Waals surface area contributed by atoms with Gasteiger partial charge in [0.2, 0.25) is 0 Å². The molecular weight excluding hydrogens is 440 g/mol. The van der Waals surface area contributed by atoms with E-state index in [1.807, 2.05) is 49.4 Å². The van der Waals surface area contributed by atoms with Gasteiger partial charge in [0.15, 0.2) is 18.0 Å². The maximum absolute atomic E-state index is 13.7. The minimum atomic E-state index is -0.220. The van der Waals surface area contributed by atoms with E-state index in [1.54, 1.807) is 17.3 Å². The number of nitrogens with zero attached hydrogens (tertiary/aromatic N) is 5. The van der Waals surface area contributed by atoms with Crippen LogP contribution in [-0.4, -0.2) is 40.1 Å². The predicted octanol–water partition coefficient (Wildman–Crippen LogP) is 5.76. The van der Waals surface area contributed by atoms with Gasteiger partial charge in [-0.05, 0) is 63.6 Å². The molecule has 4 heterocycles. The average molecular weight is 469 g/mol. The van der Waals surface area contributed by atoms with Crippen LogP contribution in [0.15, 0.2) is 71.7 Å². The zero-order valence-electron chi connectivity index (χ0n) is 20.1. The molecule has 0 bridgehead atoms. The van der Waals surface area contributed by atoms with Crippen LogP contribution < -0.4 is 15.1 Å². The zero-order valence-corrected chi connectivity index (χ0v) is 20.1. The van der Waals surface area contributed by atoms with E-state index in [9.17, 15) is 4.79 Å². The van der Waals surface area contributed by atoms with Crippen molar-refractivity contribution in [3.63, 3.8) is 0 Å². The Morgan fingerprint density at radius 1 is 1.17 bits per heavy atom. The van der Waals surface area contributed by atoms with Crippen molar-refractivity contribution in [2.45, 2.75) is 33.2 Å². The van der Waals surface area contributed by atoms with Crippen LogP contribution in [-0.2, 0) is 0 Å². The summed E-state index contributed by atoms with van der Waals surface area (Å²) in [6, 6.07) is 15.3. The molecule has 8 heteroatoms. The zero-order chi connectivity index (χ0) is 24.4. The number of carbonyl (C=O) groups is 1. The van der Waals surface area contributed by atoms with Crippen molar-refractivity contribution in [2.75, 3.05) is 28.2 Å². The van der Waals surface area contributed by atoms with E-state index in [2.05, 4.69) is 40.1 Å². The van der Waals surface area contributed by atoms with E-state index in [0.717, 1.165) is 47.7 Å². The number of hydrogen-bond acceptors (Lipinski definition) is 6. The molecule has 5 rings (SSSR count). The van der Waals surface area contributed by atoms with Gasteiger partial charge in [-0.25, -0.2) is 14.8 Å². The smallest absolute Gasteiger partial charge is 0.327 e. The molecule has 1 aliphatic heterocycles. The number of hydrogen-bond donors (Lipinski definition) is 1. The molecule has 1 atom stereocenters. The lowest BCUT2D eigenvalue weighted by atomic mass is 10.1. The molecule has 0 saturated heterocycles. The van der Waals surface area contributed by atoms with Gasteiger partial charge in [-0.1, -0.05) is 12.1 Å². The molecule has 2 amide bonds. The van der Waals surface area contributed by atoms with Crippen LogP contribution in [0.3, 0.4) is 0 Å². The molecule has 0 unspecified atom stereocenters. The lowest BCUT2D eigenvalue weighted by Crippen LogP contribution is -2.42. The Hall–Kier alpha value is -4.20. The molecule has 35 heavy (non-hydrogen) atoms. The van der Waals surface area contributed by atoms with E-state index in [0.29, 0.717) is 17.3 Å². The van der Waals surface area contributed by atoms with Crippen molar-refractivity contribution in [1.29, 1.82) is 0 Å². The van der Waals surface area contributed by atoms with E-state index in [1.165, 1.54) is 6.39 Å². The Balaban J connectivity index is 1.52. The van der Waals surface area contributed by atoms with Crippen molar-refractivity contribution in [3.05, 3.63) is 73.0 Å². The molecule has 0 spiro atoms. The first-order valence-electron chi connectivity index (χ1n) is 11.8. The lowest BCUT2D eigenvalue weighted by molar-refractivity contribution is 0.255. The highest BCUT2D eigenvalue weighted by Crippen LogP contribution is 2.36. The second-order valence-corrected chi connectivity index (χ2v) is 8.69. The number of anilines is 3. The van der Waals surface area contributed by atoms with E-state index in [4.69, 9.17) is 9.40 Å². The first kappa shape index (κ1) is 22.6. The van der Waals surface area contributed by atoms with Gasteiger partial charge in [0.25, 0.3) is 0 Å². The molecule has 1 aromatic carbocycles. The van der Waals surface area contributed by atoms with E-state index >= 15 is 0 Å². The second kappa shape index (κ2) is 9.58. The number of urea groups is 1. The molecule has 0 saturated carbocycles. The van der Waals surface area contributed by atoms with Crippen LogP contribution in [0.2, 0.25) is 0 Å². The number of amides is 2. The summed E-state index contributed by atoms with van der Waals surface area (Å²) in [6.07, 6.45) is 5.66. The minimum absolute atomic E-state index is 0.0373. The predicted molar refractivity (Wildman–Crippen MR) is 138 cm³/mol. The summed E-state index contributed by atoms with van der Waals surface area (Å²) in [5.41, 5.74) is 5.18. The summed E-state index contributed by atoms with van der Waals surface area (Å²) in [7, 11) is 0. The van der Waals surface area contributed by atoms with Gasteiger partial charge < -0.3 is 14.6 Å². The molecule has 3 aromatic heterocycles. The number of carbonyl (C=O) groups excluding carboxylic acids is 1. The van der Waals surface area contributed by atoms with Crippen molar-refractivity contribution in [2.24, 2.45) is 0 Å². The molecule has 1 aliphatic rings. The number of pyridine rings is 2. The SMILES string of the molecule is CCN1CC[C@@H](C)N(C(=O)Nc2cccc(-c3cnco3)c2)c2nc(-c3ccnc(C)c3)ccc21. The van der Waals surface area contributed by atoms with E-state index < -0.39 is 0 Å². The van der Waals surface area contributed by atoms with Gasteiger partial charge in [-0.3, -0.25) is 9.88 Å². The van der Waals surface area contributed by atoms with Crippen LogP contribution in [0.5, 0.6) is 0 Å². The van der Waals surface area contributed by atoms with Gasteiger partial charge >= 0.3 is 6.03 Å². The van der Waals surface area contributed by atoms with Gasteiger partial charge in [-0.2, -0.15) is 0 Å². The lowest BCUT2D eigenvalue weighted by Gasteiger charge is -2.28. The van der Waals surface area contributed by atoms with Crippen molar-refractivity contribution in [3.8, 4) is 22.6 Å². The Morgan fingerprint density at radius 3 is 2.83 bits per heavy atom. The van der Waals surface area contributed by atoms with Crippen LogP contribution >= 0.6 is 0 Å². The van der Waals surface area contributed by atoms with Crippen molar-refractivity contribution >= 4 is 23.2 Å². The Bertz CT molecular complexity index is 1340. The average Bonchev–Trinajstić information content (AvgIpc) is 3.36. The highest BCUT2D eigenvalue weighted by atomic mass is 16.3. The summed E-state index contributed by atoms with van der Waals surface area (Å²) in [6.45, 7) is 7.84. The number of nitrogens with one attached hydrogen (secondary N) is 1. The van der Waals surface area contributed by atoms with Crippen molar-refractivity contribution in [1.82, 2.24) is 15.0 Å². The normalized spacial score (nSPS) is 15.5. The molecule has 0 aliphatic carbocycles. The summed E-state index contributed by atoms with van der Waals surface area (Å²) < 4.78 is 5.41. The largest absolute Gasteiger partial charge is 0.444 e. The second-order valence-electron chi connectivity index (χ2n) is 8.69. The fraction of sp³-hybridized carbons (Fsp3) is 0.259. The number of fused-ring (bicyclic) bond motifs is 1. The summed E-state index contributed by atoms with van der Waals surface area (Å²) >= 11 is 0. The number of aryl methyl sites for hydroxylation is 1. The monoisotopic (exact) mass is 468 g/mol. The van der Waals surface area contributed by atoms with Gasteiger partial charge in [0.1, 0.15) is 0 Å². The molecule has 178 valence electrons. The quantitative estimate of drug-likeness (QED) is 0.409. The maximum atomic E-state index is 13.7. The third-order valence-electron chi connectivity index (χ3n) is 6.30.